The van der Waals surface area contributed by atoms with Crippen LogP contribution in [0.5, 0.6) is 0 Å². The lowest BCUT2D eigenvalue weighted by Gasteiger charge is -2.30. The Morgan fingerprint density at radius 1 is 1.57 bits per heavy atom. The quantitative estimate of drug-likeness (QED) is 0.667. The second-order valence-electron chi connectivity index (χ2n) is 4.97. The number of nitro benzene ring substituents is 1. The highest BCUT2D eigenvalue weighted by molar-refractivity contribution is 5.56. The number of nitro groups is 1. The molecule has 1 aliphatic heterocycles. The molecule has 0 aromatic heterocycles. The van der Waals surface area contributed by atoms with Crippen LogP contribution in [0.2, 0.25) is 0 Å². The Kier molecular flexibility index (Phi) is 5.03. The molecule has 1 saturated heterocycles. The smallest absolute Gasteiger partial charge is 0.270 e. The number of non-ortho nitro benzene ring substituents is 1. The van der Waals surface area contributed by atoms with E-state index in [0.29, 0.717) is 19.7 Å². The molecular formula is C13H17F2N3O3. The van der Waals surface area contributed by atoms with Crippen LogP contribution in [0.4, 0.5) is 20.2 Å². The van der Waals surface area contributed by atoms with Crippen molar-refractivity contribution in [1.82, 2.24) is 4.90 Å². The summed E-state index contributed by atoms with van der Waals surface area (Å²) in [4.78, 5) is 12.1. The molecular weight excluding hydrogens is 284 g/mol. The summed E-state index contributed by atoms with van der Waals surface area (Å²) in [5, 5.41) is 13.5. The van der Waals surface area contributed by atoms with E-state index in [-0.39, 0.29) is 23.0 Å². The van der Waals surface area contributed by atoms with Crippen LogP contribution in [-0.2, 0) is 4.74 Å². The molecule has 0 saturated carbocycles. The largest absolute Gasteiger partial charge is 0.382 e. The molecule has 1 N–H and O–H groups in total. The van der Waals surface area contributed by atoms with Crippen LogP contribution in [0, 0.1) is 10.1 Å². The van der Waals surface area contributed by atoms with Gasteiger partial charge in [0.2, 0.25) is 0 Å². The molecule has 0 amide bonds. The summed E-state index contributed by atoms with van der Waals surface area (Å²) < 4.78 is 31.5. The van der Waals surface area contributed by atoms with Crippen LogP contribution in [0.1, 0.15) is 12.0 Å². The Balaban J connectivity index is 2.06. The third kappa shape index (κ3) is 4.08. The molecule has 1 aromatic rings. The molecule has 6 nitrogen and oxygen atoms in total. The summed E-state index contributed by atoms with van der Waals surface area (Å²) in [5.74, 6) is 0. The van der Waals surface area contributed by atoms with Gasteiger partial charge in [-0.25, -0.2) is 8.78 Å². The summed E-state index contributed by atoms with van der Waals surface area (Å²) in [7, 11) is 1.96. The van der Waals surface area contributed by atoms with E-state index in [1.54, 1.807) is 0 Å². The zero-order valence-corrected chi connectivity index (χ0v) is 11.6. The highest BCUT2D eigenvalue weighted by atomic mass is 19.3. The number of likely N-dealkylation sites (N-methyl/N-ethyl adjacent to an activating group) is 1. The zero-order chi connectivity index (χ0) is 15.4. The number of halogens is 2. The molecule has 0 spiro atoms. The molecule has 1 unspecified atom stereocenters. The van der Waals surface area contributed by atoms with Crippen LogP contribution >= 0.6 is 0 Å². The Bertz CT molecular complexity index is 513. The number of anilines is 1. The molecule has 1 aromatic carbocycles. The number of ether oxygens (including phenoxy) is 1. The van der Waals surface area contributed by atoms with Crippen LogP contribution in [0.3, 0.4) is 0 Å². The average Bonchev–Trinajstić information content (AvgIpc) is 2.44. The minimum Gasteiger partial charge on any atom is -0.382 e. The molecule has 1 fully saturated rings. The van der Waals surface area contributed by atoms with Gasteiger partial charge in [0, 0.05) is 43.0 Å². The second kappa shape index (κ2) is 6.77. The third-order valence-corrected chi connectivity index (χ3v) is 3.34. The van der Waals surface area contributed by atoms with Crippen molar-refractivity contribution in [3.05, 3.63) is 33.9 Å². The molecule has 1 aliphatic rings. The lowest BCUT2D eigenvalue weighted by Crippen LogP contribution is -2.43. The minimum atomic E-state index is -2.78. The number of hydrogen-bond donors (Lipinski definition) is 1. The summed E-state index contributed by atoms with van der Waals surface area (Å²) in [5.41, 5.74) is -0.509. The Labute approximate surface area is 120 Å². The Hall–Kier alpha value is -1.80. The van der Waals surface area contributed by atoms with Gasteiger partial charge in [-0.15, -0.1) is 0 Å². The van der Waals surface area contributed by atoms with E-state index in [0.717, 1.165) is 12.6 Å². The summed E-state index contributed by atoms with van der Waals surface area (Å²) in [6.45, 7) is 2.53. The topological polar surface area (TPSA) is 67.6 Å². The molecule has 1 atom stereocenters. The second-order valence-corrected chi connectivity index (χ2v) is 4.97. The monoisotopic (exact) mass is 301 g/mol. The maximum absolute atomic E-state index is 13.0. The average molecular weight is 301 g/mol. The van der Waals surface area contributed by atoms with E-state index in [1.165, 1.54) is 12.1 Å². The molecule has 116 valence electrons. The number of alkyl halides is 2. The molecule has 8 heteroatoms. The van der Waals surface area contributed by atoms with Crippen LogP contribution in [0.25, 0.3) is 0 Å². The van der Waals surface area contributed by atoms with E-state index in [9.17, 15) is 18.9 Å². The summed E-state index contributed by atoms with van der Waals surface area (Å²) in [6, 6.07) is 3.43. The Morgan fingerprint density at radius 3 is 2.95 bits per heavy atom. The van der Waals surface area contributed by atoms with Gasteiger partial charge in [-0.1, -0.05) is 0 Å². The molecule has 21 heavy (non-hydrogen) atoms. The van der Waals surface area contributed by atoms with Crippen LogP contribution < -0.4 is 5.32 Å². The number of nitrogens with zero attached hydrogens (tertiary/aromatic N) is 2. The first kappa shape index (κ1) is 15.6. The normalized spacial score (nSPS) is 19.7. The first-order valence-corrected chi connectivity index (χ1v) is 6.58. The first-order valence-electron chi connectivity index (χ1n) is 6.58. The van der Waals surface area contributed by atoms with Gasteiger partial charge in [0.15, 0.2) is 0 Å². The lowest BCUT2D eigenvalue weighted by molar-refractivity contribution is -0.385. The number of morpholine rings is 1. The van der Waals surface area contributed by atoms with Crippen molar-refractivity contribution >= 4 is 11.4 Å². The van der Waals surface area contributed by atoms with Crippen molar-refractivity contribution in [1.29, 1.82) is 0 Å². The third-order valence-electron chi connectivity index (χ3n) is 3.34. The number of nitrogens with one attached hydrogen (secondary N) is 1. The molecule has 0 aliphatic carbocycles. The number of hydrogen-bond acceptors (Lipinski definition) is 5. The van der Waals surface area contributed by atoms with Gasteiger partial charge < -0.3 is 15.0 Å². The fourth-order valence-corrected chi connectivity index (χ4v) is 2.22. The van der Waals surface area contributed by atoms with Crippen molar-refractivity contribution in [2.24, 2.45) is 0 Å². The Morgan fingerprint density at radius 2 is 2.33 bits per heavy atom. The van der Waals surface area contributed by atoms with Gasteiger partial charge in [-0.2, -0.15) is 0 Å². The highest BCUT2D eigenvalue weighted by Gasteiger charge is 2.21. The zero-order valence-electron chi connectivity index (χ0n) is 11.6. The predicted octanol–water partition coefficient (Wildman–Crippen LogP) is 2.27. The molecule has 0 radical (unpaired) electrons. The summed E-state index contributed by atoms with van der Waals surface area (Å²) >= 11 is 0. The van der Waals surface area contributed by atoms with E-state index < -0.39 is 11.3 Å². The van der Waals surface area contributed by atoms with E-state index in [2.05, 4.69) is 10.2 Å². The fraction of sp³-hybridized carbons (Fsp3) is 0.538. The highest BCUT2D eigenvalue weighted by Crippen LogP contribution is 2.30. The molecule has 2 rings (SSSR count). The van der Waals surface area contributed by atoms with Crippen molar-refractivity contribution < 1.29 is 18.4 Å². The van der Waals surface area contributed by atoms with Gasteiger partial charge in [0.05, 0.1) is 17.6 Å². The number of rotatable bonds is 5. The predicted molar refractivity (Wildman–Crippen MR) is 73.8 cm³/mol. The van der Waals surface area contributed by atoms with Gasteiger partial charge >= 0.3 is 0 Å². The van der Waals surface area contributed by atoms with E-state index in [1.807, 2.05) is 7.05 Å². The van der Waals surface area contributed by atoms with Gasteiger partial charge in [0.25, 0.3) is 12.1 Å². The first-order chi connectivity index (χ1) is 9.97. The fourth-order valence-electron chi connectivity index (χ4n) is 2.22. The van der Waals surface area contributed by atoms with Gasteiger partial charge in [0.1, 0.15) is 0 Å². The van der Waals surface area contributed by atoms with E-state index in [4.69, 9.17) is 4.74 Å². The van der Waals surface area contributed by atoms with E-state index >= 15 is 0 Å². The van der Waals surface area contributed by atoms with Crippen molar-refractivity contribution in [2.45, 2.75) is 12.5 Å². The maximum atomic E-state index is 13.0. The van der Waals surface area contributed by atoms with Crippen LogP contribution in [0.15, 0.2) is 18.2 Å². The van der Waals surface area contributed by atoms with Gasteiger partial charge in [-0.05, 0) is 13.1 Å². The maximum Gasteiger partial charge on any atom is 0.270 e. The van der Waals surface area contributed by atoms with Crippen molar-refractivity contribution in [3.63, 3.8) is 0 Å². The molecule has 1 heterocycles. The summed E-state index contributed by atoms with van der Waals surface area (Å²) in [6.07, 6.45) is -2.87. The minimum absolute atomic E-state index is 0.0931. The SMILES string of the molecule is CN1CCOC(CNc2ccc([N+](=O)[O-])cc2C(F)F)C1. The van der Waals surface area contributed by atoms with Crippen molar-refractivity contribution in [3.8, 4) is 0 Å². The van der Waals surface area contributed by atoms with Gasteiger partial charge in [-0.3, -0.25) is 10.1 Å². The standard InChI is InChI=1S/C13H17F2N3O3/c1-17-4-5-21-10(8-17)7-16-12-3-2-9(18(19)20)6-11(12)13(14)15/h2-3,6,10,13,16H,4-5,7-8H2,1H3. The van der Waals surface area contributed by atoms with Crippen LogP contribution in [-0.4, -0.2) is 49.2 Å². The lowest BCUT2D eigenvalue weighted by atomic mass is 10.1. The number of benzene rings is 1. The molecule has 0 bridgehead atoms. The van der Waals surface area contributed by atoms with Crippen molar-refractivity contribution in [2.75, 3.05) is 38.6 Å².